The van der Waals surface area contributed by atoms with Gasteiger partial charge in [-0.1, -0.05) is 29.8 Å². The Morgan fingerprint density at radius 2 is 2.08 bits per heavy atom. The molecule has 1 aromatic carbocycles. The number of amides is 1. The lowest BCUT2D eigenvalue weighted by atomic mass is 10.1. The number of hydrogen-bond acceptors (Lipinski definition) is 2. The number of carbonyl (C=O) groups is 1. The lowest BCUT2D eigenvalue weighted by Gasteiger charge is -2.34. The molecule has 0 N–H and O–H groups in total. The Hall–Kier alpha value is -2.76. The topological polar surface area (TPSA) is 38.1 Å². The van der Waals surface area contributed by atoms with Crippen LogP contribution in [0.4, 0.5) is 8.78 Å². The number of halogens is 2. The van der Waals surface area contributed by atoms with Crippen LogP contribution in [0.5, 0.6) is 0 Å². The van der Waals surface area contributed by atoms with Crippen molar-refractivity contribution in [1.29, 1.82) is 0 Å². The molecule has 1 saturated heterocycles. The number of aromatic nitrogens is 2. The summed E-state index contributed by atoms with van der Waals surface area (Å²) in [5, 5.41) is 0. The molecule has 3 heterocycles. The highest BCUT2D eigenvalue weighted by Crippen LogP contribution is 2.26. The van der Waals surface area contributed by atoms with Crippen molar-refractivity contribution in [2.75, 3.05) is 13.1 Å². The average molecular weight is 341 g/mol. The van der Waals surface area contributed by atoms with Gasteiger partial charge in [0.25, 0.3) is 0 Å². The normalized spacial score (nSPS) is 14.8. The van der Waals surface area contributed by atoms with Gasteiger partial charge in [-0.3, -0.25) is 9.78 Å². The molecule has 2 aromatic heterocycles. The van der Waals surface area contributed by atoms with Crippen LogP contribution < -0.4 is 0 Å². The number of aryl methyl sites for hydroxylation is 1. The summed E-state index contributed by atoms with van der Waals surface area (Å²) in [6.45, 7) is 2.22. The maximum Gasteiger partial charge on any atom is 0.242 e. The number of rotatable bonds is 3. The molecule has 4 rings (SSSR count). The van der Waals surface area contributed by atoms with Crippen LogP contribution in [0.1, 0.15) is 5.56 Å². The van der Waals surface area contributed by atoms with Crippen molar-refractivity contribution in [3.8, 4) is 11.1 Å². The minimum atomic E-state index is -0.948. The van der Waals surface area contributed by atoms with E-state index in [-0.39, 0.29) is 31.1 Å². The summed E-state index contributed by atoms with van der Waals surface area (Å²) < 4.78 is 28.6. The summed E-state index contributed by atoms with van der Waals surface area (Å²) in [5.74, 6) is -0.683. The third-order valence-corrected chi connectivity index (χ3v) is 4.52. The third kappa shape index (κ3) is 2.88. The SMILES string of the molecule is Cc1cccc(-c2cnc3c(F)cn(CC(=O)N4CC(F)C4)c3c2)c1. The van der Waals surface area contributed by atoms with Gasteiger partial charge < -0.3 is 9.47 Å². The molecular formula is C19H17F2N3O. The Labute approximate surface area is 143 Å². The Morgan fingerprint density at radius 1 is 1.28 bits per heavy atom. The Kier molecular flexibility index (Phi) is 3.75. The molecular weight excluding hydrogens is 324 g/mol. The van der Waals surface area contributed by atoms with E-state index in [4.69, 9.17) is 0 Å². The fourth-order valence-corrected chi connectivity index (χ4v) is 3.11. The lowest BCUT2D eigenvalue weighted by molar-refractivity contribution is -0.138. The molecule has 1 fully saturated rings. The number of pyridine rings is 1. The summed E-state index contributed by atoms with van der Waals surface area (Å²) in [7, 11) is 0. The van der Waals surface area contributed by atoms with E-state index >= 15 is 0 Å². The molecule has 0 unspecified atom stereocenters. The minimum absolute atomic E-state index is 0.0217. The molecule has 4 nitrogen and oxygen atoms in total. The predicted octanol–water partition coefficient (Wildman–Crippen LogP) is 3.33. The molecule has 0 saturated carbocycles. The second-order valence-electron chi connectivity index (χ2n) is 6.46. The van der Waals surface area contributed by atoms with Gasteiger partial charge in [-0.05, 0) is 18.6 Å². The molecule has 25 heavy (non-hydrogen) atoms. The molecule has 0 atom stereocenters. The maximum atomic E-state index is 14.1. The molecule has 1 aliphatic rings. The number of likely N-dealkylation sites (tertiary alicyclic amines) is 1. The maximum absolute atomic E-state index is 14.1. The molecule has 6 heteroatoms. The quantitative estimate of drug-likeness (QED) is 0.733. The first-order valence-corrected chi connectivity index (χ1v) is 8.14. The van der Waals surface area contributed by atoms with Gasteiger partial charge in [0, 0.05) is 18.0 Å². The number of carbonyl (C=O) groups excluding carboxylic acids is 1. The summed E-state index contributed by atoms with van der Waals surface area (Å²) in [5.41, 5.74) is 3.75. The van der Waals surface area contributed by atoms with Crippen LogP contribution in [0.25, 0.3) is 22.2 Å². The van der Waals surface area contributed by atoms with E-state index in [1.165, 1.54) is 11.1 Å². The first kappa shape index (κ1) is 15.7. The van der Waals surface area contributed by atoms with E-state index in [9.17, 15) is 13.6 Å². The molecule has 1 amide bonds. The molecule has 0 aliphatic carbocycles. The van der Waals surface area contributed by atoms with E-state index in [1.54, 1.807) is 10.8 Å². The lowest BCUT2D eigenvalue weighted by Crippen LogP contribution is -2.52. The highest BCUT2D eigenvalue weighted by atomic mass is 19.1. The van der Waals surface area contributed by atoms with Crippen LogP contribution in [0.15, 0.2) is 42.7 Å². The zero-order chi connectivity index (χ0) is 17.6. The van der Waals surface area contributed by atoms with Crippen LogP contribution in [0.3, 0.4) is 0 Å². The highest BCUT2D eigenvalue weighted by Gasteiger charge is 2.30. The van der Waals surface area contributed by atoms with Gasteiger partial charge in [-0.2, -0.15) is 0 Å². The van der Waals surface area contributed by atoms with Crippen molar-refractivity contribution in [2.24, 2.45) is 0 Å². The van der Waals surface area contributed by atoms with E-state index in [2.05, 4.69) is 4.98 Å². The van der Waals surface area contributed by atoms with Crippen molar-refractivity contribution < 1.29 is 13.6 Å². The Balaban J connectivity index is 1.70. The van der Waals surface area contributed by atoms with E-state index in [0.29, 0.717) is 5.52 Å². The van der Waals surface area contributed by atoms with E-state index in [0.717, 1.165) is 16.7 Å². The van der Waals surface area contributed by atoms with Crippen molar-refractivity contribution in [3.05, 3.63) is 54.1 Å². The number of benzene rings is 1. The average Bonchev–Trinajstić information content (AvgIpc) is 2.87. The molecule has 0 radical (unpaired) electrons. The monoisotopic (exact) mass is 341 g/mol. The van der Waals surface area contributed by atoms with Crippen LogP contribution in [0, 0.1) is 12.7 Å². The molecule has 0 bridgehead atoms. The van der Waals surface area contributed by atoms with Crippen LogP contribution in [0.2, 0.25) is 0 Å². The first-order chi connectivity index (χ1) is 12.0. The van der Waals surface area contributed by atoms with Crippen molar-refractivity contribution in [3.63, 3.8) is 0 Å². The standard InChI is InChI=1S/C19H17F2N3O/c1-12-3-2-4-13(5-12)14-6-17-19(22-7-14)16(21)10-23(17)11-18(25)24-8-15(20)9-24/h2-7,10,15H,8-9,11H2,1H3. The largest absolute Gasteiger partial charge is 0.335 e. The van der Waals surface area contributed by atoms with Gasteiger partial charge >= 0.3 is 0 Å². The van der Waals surface area contributed by atoms with Gasteiger partial charge in [0.2, 0.25) is 5.91 Å². The van der Waals surface area contributed by atoms with Gasteiger partial charge in [-0.15, -0.1) is 0 Å². The van der Waals surface area contributed by atoms with Gasteiger partial charge in [0.05, 0.1) is 18.6 Å². The second-order valence-corrected chi connectivity index (χ2v) is 6.46. The van der Waals surface area contributed by atoms with Gasteiger partial charge in [-0.25, -0.2) is 8.78 Å². The number of nitrogens with zero attached hydrogens (tertiary/aromatic N) is 3. The summed E-state index contributed by atoms with van der Waals surface area (Å²) in [6.07, 6.45) is 1.97. The molecule has 128 valence electrons. The van der Waals surface area contributed by atoms with Crippen LogP contribution in [-0.2, 0) is 11.3 Å². The highest BCUT2D eigenvalue weighted by molar-refractivity contribution is 5.84. The number of hydrogen-bond donors (Lipinski definition) is 0. The minimum Gasteiger partial charge on any atom is -0.335 e. The number of fused-ring (bicyclic) bond motifs is 1. The Bertz CT molecular complexity index is 960. The van der Waals surface area contributed by atoms with Crippen molar-refractivity contribution in [2.45, 2.75) is 19.6 Å². The van der Waals surface area contributed by atoms with Crippen molar-refractivity contribution in [1.82, 2.24) is 14.5 Å². The van der Waals surface area contributed by atoms with E-state index in [1.807, 2.05) is 37.3 Å². The molecule has 0 spiro atoms. The first-order valence-electron chi connectivity index (χ1n) is 8.14. The summed E-state index contributed by atoms with van der Waals surface area (Å²) in [6, 6.07) is 9.78. The van der Waals surface area contributed by atoms with E-state index < -0.39 is 12.0 Å². The smallest absolute Gasteiger partial charge is 0.242 e. The van der Waals surface area contributed by atoms with Crippen LogP contribution >= 0.6 is 0 Å². The van der Waals surface area contributed by atoms with Crippen molar-refractivity contribution >= 4 is 16.9 Å². The Morgan fingerprint density at radius 3 is 2.80 bits per heavy atom. The summed E-state index contributed by atoms with van der Waals surface area (Å²) >= 11 is 0. The molecule has 1 aliphatic heterocycles. The van der Waals surface area contributed by atoms with Gasteiger partial charge in [0.1, 0.15) is 18.2 Å². The zero-order valence-corrected chi connectivity index (χ0v) is 13.7. The fourth-order valence-electron chi connectivity index (χ4n) is 3.11. The van der Waals surface area contributed by atoms with Crippen LogP contribution in [-0.4, -0.2) is 39.6 Å². The fraction of sp³-hybridized carbons (Fsp3) is 0.263. The summed E-state index contributed by atoms with van der Waals surface area (Å²) in [4.78, 5) is 17.9. The molecule has 3 aromatic rings. The zero-order valence-electron chi connectivity index (χ0n) is 13.7. The predicted molar refractivity (Wildman–Crippen MR) is 91.3 cm³/mol. The van der Waals surface area contributed by atoms with Gasteiger partial charge in [0.15, 0.2) is 5.82 Å². The third-order valence-electron chi connectivity index (χ3n) is 4.52. The second kappa shape index (κ2) is 5.95. The number of alkyl halides is 1.